The van der Waals surface area contributed by atoms with E-state index in [1.807, 2.05) is 0 Å². The molecule has 1 heteroatoms. The Bertz CT molecular complexity index is 4450. The normalized spacial score (nSPS) is 13.0. The molecule has 1 aliphatic carbocycles. The van der Waals surface area contributed by atoms with Crippen LogP contribution in [0.2, 0.25) is 0 Å². The molecule has 13 aromatic carbocycles. The fraction of sp³-hybridized carbons (Fsp3) is 0.0294. The summed E-state index contributed by atoms with van der Waals surface area (Å²) < 4.78 is 6.64. The number of allylic oxidation sites excluding steroid dienone is 4. The van der Waals surface area contributed by atoms with E-state index in [1.165, 1.54) is 131 Å². The summed E-state index contributed by atoms with van der Waals surface area (Å²) in [5.74, 6) is 0. The Morgan fingerprint density at radius 3 is 1.45 bits per heavy atom. The minimum absolute atomic E-state index is 0.797. The van der Waals surface area contributed by atoms with Gasteiger partial charge in [-0.05, 0) is 175 Å². The number of hydrogen-bond donors (Lipinski definition) is 0. The van der Waals surface area contributed by atoms with Crippen LogP contribution < -0.4 is 0 Å². The number of furan rings is 1. The van der Waals surface area contributed by atoms with Crippen LogP contribution in [0.25, 0.3) is 142 Å². The van der Waals surface area contributed by atoms with Crippen molar-refractivity contribution in [2.45, 2.75) is 12.8 Å². The van der Waals surface area contributed by atoms with Crippen molar-refractivity contribution in [1.82, 2.24) is 0 Å². The molecule has 0 fully saturated rings. The highest BCUT2D eigenvalue weighted by Crippen LogP contribution is 2.46. The molecule has 0 amide bonds. The van der Waals surface area contributed by atoms with Gasteiger partial charge in [0.15, 0.2) is 0 Å². The van der Waals surface area contributed by atoms with E-state index in [0.29, 0.717) is 0 Å². The third-order valence-corrected chi connectivity index (χ3v) is 15.2. The van der Waals surface area contributed by atoms with E-state index >= 15 is 0 Å². The Labute approximate surface area is 399 Å². The fourth-order valence-electron chi connectivity index (χ4n) is 12.0. The molecule has 0 atom stereocenters. The summed E-state index contributed by atoms with van der Waals surface area (Å²) >= 11 is 0. The Morgan fingerprint density at radius 1 is 0.261 bits per heavy atom. The molecule has 0 aliphatic heterocycles. The maximum absolute atomic E-state index is 6.64. The van der Waals surface area contributed by atoms with Crippen molar-refractivity contribution < 1.29 is 4.42 Å². The predicted molar refractivity (Wildman–Crippen MR) is 294 cm³/mol. The second-order valence-electron chi connectivity index (χ2n) is 19.0. The third kappa shape index (κ3) is 5.90. The summed E-state index contributed by atoms with van der Waals surface area (Å²) in [6.45, 7) is 0. The molecular formula is C68H42O. The standard InChI is InChI=1S/C68H42O/c1-2-4-11-51-39-62-57-18-5-6-19-63(57)69-64(62)40-60(51)61-38-52(55-31-25-46-23-21-42-13-8-15-44-27-35-59(55)68(46)66(42)44)29-33-56(61)53-32-28-48(37-49(53)10-3-1)47-16-9-17-50(36-47)54-30-24-45-22-20-41-12-7-14-43-26-34-58(54)67(45)65(41)43/h1-9,12-40H,10-11H2. The van der Waals surface area contributed by atoms with Crippen molar-refractivity contribution in [1.29, 1.82) is 0 Å². The lowest BCUT2D eigenvalue weighted by Gasteiger charge is -2.20. The minimum atomic E-state index is 0.797. The van der Waals surface area contributed by atoms with Crippen molar-refractivity contribution in [2.75, 3.05) is 0 Å². The van der Waals surface area contributed by atoms with E-state index in [-0.39, 0.29) is 0 Å². The largest absolute Gasteiger partial charge is 0.456 e. The molecule has 1 aromatic heterocycles. The molecule has 0 saturated carbocycles. The van der Waals surface area contributed by atoms with E-state index in [9.17, 15) is 0 Å². The molecule has 320 valence electrons. The second kappa shape index (κ2) is 14.9. The van der Waals surface area contributed by atoms with E-state index < -0.39 is 0 Å². The zero-order valence-corrected chi connectivity index (χ0v) is 37.8. The minimum Gasteiger partial charge on any atom is -0.456 e. The molecular weight excluding hydrogens is 833 g/mol. The van der Waals surface area contributed by atoms with Crippen LogP contribution in [0.5, 0.6) is 0 Å². The van der Waals surface area contributed by atoms with Gasteiger partial charge in [-0.3, -0.25) is 0 Å². The Balaban J connectivity index is 0.925. The summed E-state index contributed by atoms with van der Waals surface area (Å²) in [4.78, 5) is 0. The van der Waals surface area contributed by atoms with Crippen molar-refractivity contribution >= 4 is 86.6 Å². The molecule has 0 unspecified atom stereocenters. The van der Waals surface area contributed by atoms with Crippen LogP contribution in [-0.2, 0) is 12.8 Å². The Kier molecular flexibility index (Phi) is 8.26. The molecule has 1 heterocycles. The van der Waals surface area contributed by atoms with E-state index in [4.69, 9.17) is 4.42 Å². The fourth-order valence-corrected chi connectivity index (χ4v) is 12.0. The third-order valence-electron chi connectivity index (χ3n) is 15.2. The van der Waals surface area contributed by atoms with Gasteiger partial charge in [-0.15, -0.1) is 0 Å². The van der Waals surface area contributed by atoms with E-state index in [0.717, 1.165) is 34.8 Å². The maximum Gasteiger partial charge on any atom is 0.136 e. The Morgan fingerprint density at radius 2 is 0.768 bits per heavy atom. The lowest BCUT2D eigenvalue weighted by atomic mass is 9.83. The molecule has 14 aromatic rings. The monoisotopic (exact) mass is 874 g/mol. The van der Waals surface area contributed by atoms with Gasteiger partial charge in [-0.1, -0.05) is 200 Å². The van der Waals surface area contributed by atoms with Crippen molar-refractivity contribution in [2.24, 2.45) is 0 Å². The van der Waals surface area contributed by atoms with Gasteiger partial charge in [0, 0.05) is 10.8 Å². The second-order valence-corrected chi connectivity index (χ2v) is 19.0. The lowest BCUT2D eigenvalue weighted by Crippen LogP contribution is -1.97. The zero-order chi connectivity index (χ0) is 45.2. The summed E-state index contributed by atoms with van der Waals surface area (Å²) in [7, 11) is 0. The number of para-hydroxylation sites is 1. The van der Waals surface area contributed by atoms with Gasteiger partial charge in [0.2, 0.25) is 0 Å². The average Bonchev–Trinajstić information content (AvgIpc) is 3.77. The van der Waals surface area contributed by atoms with E-state index in [1.54, 1.807) is 0 Å². The molecule has 15 rings (SSSR count). The molecule has 1 aliphatic rings. The van der Waals surface area contributed by atoms with Gasteiger partial charge in [0.05, 0.1) is 0 Å². The maximum atomic E-state index is 6.64. The zero-order valence-electron chi connectivity index (χ0n) is 37.8. The first kappa shape index (κ1) is 38.3. The molecule has 69 heavy (non-hydrogen) atoms. The van der Waals surface area contributed by atoms with Crippen LogP contribution in [0, 0.1) is 0 Å². The molecule has 0 spiro atoms. The molecule has 0 bridgehead atoms. The number of fused-ring (bicyclic) bond motifs is 8. The van der Waals surface area contributed by atoms with Gasteiger partial charge in [0.25, 0.3) is 0 Å². The first-order valence-electron chi connectivity index (χ1n) is 24.2. The number of benzene rings is 13. The van der Waals surface area contributed by atoms with Gasteiger partial charge >= 0.3 is 0 Å². The smallest absolute Gasteiger partial charge is 0.136 e. The summed E-state index contributed by atoms with van der Waals surface area (Å²) in [6.07, 6.45) is 10.6. The van der Waals surface area contributed by atoms with Gasteiger partial charge in [-0.2, -0.15) is 0 Å². The highest BCUT2D eigenvalue weighted by atomic mass is 16.3. The first-order chi connectivity index (χ1) is 34.2. The molecule has 0 saturated heterocycles. The molecule has 0 radical (unpaired) electrons. The molecule has 0 N–H and O–H groups in total. The summed E-state index contributed by atoms with van der Waals surface area (Å²) in [5, 5.41) is 17.9. The van der Waals surface area contributed by atoms with Crippen LogP contribution in [0.15, 0.2) is 235 Å². The van der Waals surface area contributed by atoms with Gasteiger partial charge in [0.1, 0.15) is 11.2 Å². The SMILES string of the molecule is C1=CCc2cc(-c3cccc(-c4ccc5ccc6cccc7ccc4c5c67)c3)ccc2-c2ccc(-c3ccc4ccc5cccc6ccc3c4c56)cc2-c2cc3oc4ccccc4c3cc2CC=C1. The highest BCUT2D eigenvalue weighted by molar-refractivity contribution is 6.27. The van der Waals surface area contributed by atoms with Crippen molar-refractivity contribution in [3.63, 3.8) is 0 Å². The van der Waals surface area contributed by atoms with Crippen LogP contribution >= 0.6 is 0 Å². The van der Waals surface area contributed by atoms with Crippen molar-refractivity contribution in [3.8, 4) is 55.6 Å². The van der Waals surface area contributed by atoms with E-state index in [2.05, 4.69) is 231 Å². The molecule has 1 nitrogen and oxygen atoms in total. The van der Waals surface area contributed by atoms with Crippen LogP contribution in [0.4, 0.5) is 0 Å². The topological polar surface area (TPSA) is 13.1 Å². The van der Waals surface area contributed by atoms with Crippen molar-refractivity contribution in [3.05, 3.63) is 242 Å². The number of rotatable bonds is 3. The average molecular weight is 875 g/mol. The van der Waals surface area contributed by atoms with Gasteiger partial charge in [-0.25, -0.2) is 0 Å². The first-order valence-corrected chi connectivity index (χ1v) is 24.2. The van der Waals surface area contributed by atoms with Gasteiger partial charge < -0.3 is 4.42 Å². The number of hydrogen-bond acceptors (Lipinski definition) is 1. The van der Waals surface area contributed by atoms with Crippen LogP contribution in [0.1, 0.15) is 11.1 Å². The Hall–Kier alpha value is -8.78. The lowest BCUT2D eigenvalue weighted by molar-refractivity contribution is 0.669. The quantitative estimate of drug-likeness (QED) is 0.161. The van der Waals surface area contributed by atoms with Crippen LogP contribution in [-0.4, -0.2) is 0 Å². The predicted octanol–water partition coefficient (Wildman–Crippen LogP) is 18.9. The summed E-state index contributed by atoms with van der Waals surface area (Å²) in [5.41, 5.74) is 16.6. The summed E-state index contributed by atoms with van der Waals surface area (Å²) in [6, 6.07) is 77.4. The highest BCUT2D eigenvalue weighted by Gasteiger charge is 2.21. The van der Waals surface area contributed by atoms with Crippen LogP contribution in [0.3, 0.4) is 0 Å².